The molecule has 1 unspecified atom stereocenters. The van der Waals surface area contributed by atoms with Crippen molar-refractivity contribution in [1.29, 1.82) is 0 Å². The monoisotopic (exact) mass is 473 g/mol. The number of halogens is 1. The lowest BCUT2D eigenvalue weighted by molar-refractivity contribution is -0.140. The van der Waals surface area contributed by atoms with Gasteiger partial charge >= 0.3 is 0 Å². The molecule has 1 amide bonds. The molecule has 2 aromatic rings. The Morgan fingerprint density at radius 3 is 2.45 bits per heavy atom. The lowest BCUT2D eigenvalue weighted by Crippen LogP contribution is -2.33. The van der Waals surface area contributed by atoms with Crippen molar-refractivity contribution in [3.8, 4) is 11.5 Å². The van der Waals surface area contributed by atoms with Gasteiger partial charge in [-0.2, -0.15) is 0 Å². The second kappa shape index (κ2) is 10.7. The van der Waals surface area contributed by atoms with E-state index in [1.165, 1.54) is 4.90 Å². The molecule has 1 fully saturated rings. The maximum Gasteiger partial charge on any atom is 0.295 e. The van der Waals surface area contributed by atoms with Crippen molar-refractivity contribution in [3.05, 3.63) is 64.2 Å². The van der Waals surface area contributed by atoms with Crippen LogP contribution in [0.2, 0.25) is 5.02 Å². The van der Waals surface area contributed by atoms with E-state index in [1.807, 2.05) is 20.8 Å². The summed E-state index contributed by atoms with van der Waals surface area (Å²) in [6.45, 7) is 6.44. The highest BCUT2D eigenvalue weighted by Crippen LogP contribution is 2.40. The van der Waals surface area contributed by atoms with E-state index in [9.17, 15) is 14.7 Å². The van der Waals surface area contributed by atoms with Crippen LogP contribution in [0.4, 0.5) is 0 Å². The number of ketones is 1. The SMILES string of the molecule is CCOc1cc(/C(O)=C2/C(=O)C(=O)N(CCOC(C)C)C2c2ccc(OC)cc2)ccc1Cl. The van der Waals surface area contributed by atoms with Crippen molar-refractivity contribution in [2.24, 2.45) is 0 Å². The van der Waals surface area contributed by atoms with E-state index in [4.69, 9.17) is 25.8 Å². The molecule has 0 aliphatic carbocycles. The van der Waals surface area contributed by atoms with Gasteiger partial charge < -0.3 is 24.2 Å². The number of methoxy groups -OCH3 is 1. The minimum absolute atomic E-state index is 0.000477. The van der Waals surface area contributed by atoms with Gasteiger partial charge in [0.05, 0.1) is 43.1 Å². The average Bonchev–Trinajstić information content (AvgIpc) is 3.05. The molecule has 0 radical (unpaired) electrons. The van der Waals surface area contributed by atoms with E-state index in [0.717, 1.165) is 0 Å². The van der Waals surface area contributed by atoms with Crippen molar-refractivity contribution < 1.29 is 28.9 Å². The van der Waals surface area contributed by atoms with Crippen LogP contribution in [-0.2, 0) is 14.3 Å². The number of benzene rings is 2. The van der Waals surface area contributed by atoms with Gasteiger partial charge in [0, 0.05) is 12.1 Å². The Bertz CT molecular complexity index is 1050. The Morgan fingerprint density at radius 2 is 1.85 bits per heavy atom. The Kier molecular flexibility index (Phi) is 8.00. The minimum atomic E-state index is -0.780. The van der Waals surface area contributed by atoms with Crippen molar-refractivity contribution in [1.82, 2.24) is 4.90 Å². The third kappa shape index (κ3) is 5.31. The lowest BCUT2D eigenvalue weighted by Gasteiger charge is -2.25. The lowest BCUT2D eigenvalue weighted by atomic mass is 9.95. The summed E-state index contributed by atoms with van der Waals surface area (Å²) in [5.74, 6) is -0.727. The van der Waals surface area contributed by atoms with E-state index >= 15 is 0 Å². The summed E-state index contributed by atoms with van der Waals surface area (Å²) >= 11 is 6.17. The number of amides is 1. The van der Waals surface area contributed by atoms with Crippen molar-refractivity contribution >= 4 is 29.1 Å². The van der Waals surface area contributed by atoms with Crippen molar-refractivity contribution in [2.45, 2.75) is 32.9 Å². The number of carbonyl (C=O) groups is 2. The number of aliphatic hydroxyl groups excluding tert-OH is 1. The van der Waals surface area contributed by atoms with E-state index in [0.29, 0.717) is 34.3 Å². The van der Waals surface area contributed by atoms with Gasteiger partial charge in [-0.25, -0.2) is 0 Å². The first-order valence-corrected chi connectivity index (χ1v) is 11.1. The van der Waals surface area contributed by atoms with Gasteiger partial charge in [-0.15, -0.1) is 0 Å². The first-order chi connectivity index (χ1) is 15.8. The van der Waals surface area contributed by atoms with Crippen LogP contribution in [0.1, 0.15) is 37.9 Å². The van der Waals surface area contributed by atoms with Crippen LogP contribution in [-0.4, -0.2) is 54.7 Å². The summed E-state index contributed by atoms with van der Waals surface area (Å²) in [5, 5.41) is 11.6. The van der Waals surface area contributed by atoms with Crippen LogP contribution >= 0.6 is 11.6 Å². The third-order valence-corrected chi connectivity index (χ3v) is 5.57. The van der Waals surface area contributed by atoms with Gasteiger partial charge in [0.25, 0.3) is 11.7 Å². The van der Waals surface area contributed by atoms with Crippen LogP contribution in [0.3, 0.4) is 0 Å². The summed E-state index contributed by atoms with van der Waals surface area (Å²) in [5.41, 5.74) is 0.998. The Hall–Kier alpha value is -3.03. The fraction of sp³-hybridized carbons (Fsp3) is 0.360. The summed E-state index contributed by atoms with van der Waals surface area (Å²) in [7, 11) is 1.56. The predicted molar refractivity (Wildman–Crippen MR) is 126 cm³/mol. The van der Waals surface area contributed by atoms with E-state index in [1.54, 1.807) is 49.6 Å². The van der Waals surface area contributed by atoms with Crippen LogP contribution < -0.4 is 9.47 Å². The first kappa shape index (κ1) is 24.6. The normalized spacial score (nSPS) is 17.6. The predicted octanol–water partition coefficient (Wildman–Crippen LogP) is 4.59. The number of ether oxygens (including phenoxy) is 3. The largest absolute Gasteiger partial charge is 0.507 e. The van der Waals surface area contributed by atoms with Gasteiger partial charge in [0.1, 0.15) is 17.3 Å². The molecule has 0 bridgehead atoms. The van der Waals surface area contributed by atoms with Gasteiger partial charge in [0.2, 0.25) is 0 Å². The number of hydrogen-bond donors (Lipinski definition) is 1. The zero-order valence-corrected chi connectivity index (χ0v) is 19.9. The zero-order chi connectivity index (χ0) is 24.1. The number of likely N-dealkylation sites (tertiary alicyclic amines) is 1. The molecule has 8 heteroatoms. The molecule has 1 aliphatic heterocycles. The molecule has 7 nitrogen and oxygen atoms in total. The number of nitrogens with zero attached hydrogens (tertiary/aromatic N) is 1. The highest BCUT2D eigenvalue weighted by atomic mass is 35.5. The average molecular weight is 474 g/mol. The molecule has 2 aromatic carbocycles. The number of carbonyl (C=O) groups excluding carboxylic acids is 2. The molecule has 176 valence electrons. The summed E-state index contributed by atoms with van der Waals surface area (Å²) in [4.78, 5) is 27.5. The van der Waals surface area contributed by atoms with E-state index in [2.05, 4.69) is 0 Å². The second-order valence-corrected chi connectivity index (χ2v) is 8.17. The minimum Gasteiger partial charge on any atom is -0.507 e. The Labute approximate surface area is 198 Å². The highest BCUT2D eigenvalue weighted by molar-refractivity contribution is 6.46. The fourth-order valence-corrected chi connectivity index (χ4v) is 3.87. The fourth-order valence-electron chi connectivity index (χ4n) is 3.70. The van der Waals surface area contributed by atoms with Crippen LogP contribution in [0.25, 0.3) is 5.76 Å². The molecular formula is C25H28ClNO6. The molecule has 0 spiro atoms. The topological polar surface area (TPSA) is 85.3 Å². The summed E-state index contributed by atoms with van der Waals surface area (Å²) < 4.78 is 16.4. The number of aliphatic hydroxyl groups is 1. The van der Waals surface area contributed by atoms with Crippen molar-refractivity contribution in [2.75, 3.05) is 26.9 Å². The molecular weight excluding hydrogens is 446 g/mol. The Morgan fingerprint density at radius 1 is 1.15 bits per heavy atom. The number of Topliss-reactive ketones (excluding diaryl/α,β-unsaturated/α-hetero) is 1. The summed E-state index contributed by atoms with van der Waals surface area (Å²) in [6, 6.07) is 11.0. The van der Waals surface area contributed by atoms with Gasteiger partial charge in [0.15, 0.2) is 0 Å². The molecule has 1 saturated heterocycles. The smallest absolute Gasteiger partial charge is 0.295 e. The summed E-state index contributed by atoms with van der Waals surface area (Å²) in [6.07, 6.45) is -0.0210. The third-order valence-electron chi connectivity index (χ3n) is 5.26. The van der Waals surface area contributed by atoms with Gasteiger partial charge in [-0.1, -0.05) is 23.7 Å². The molecule has 3 rings (SSSR count). The van der Waals surface area contributed by atoms with E-state index in [-0.39, 0.29) is 30.6 Å². The van der Waals surface area contributed by atoms with E-state index < -0.39 is 17.7 Å². The molecule has 1 aliphatic rings. The zero-order valence-electron chi connectivity index (χ0n) is 19.1. The first-order valence-electron chi connectivity index (χ1n) is 10.7. The quantitative estimate of drug-likeness (QED) is 0.325. The Balaban J connectivity index is 2.10. The van der Waals surface area contributed by atoms with Gasteiger partial charge in [-0.3, -0.25) is 9.59 Å². The molecule has 1 atom stereocenters. The second-order valence-electron chi connectivity index (χ2n) is 7.76. The van der Waals surface area contributed by atoms with Crippen LogP contribution in [0, 0.1) is 0 Å². The maximum atomic E-state index is 13.1. The van der Waals surface area contributed by atoms with Gasteiger partial charge in [-0.05, 0) is 56.7 Å². The molecule has 0 aromatic heterocycles. The number of hydrogen-bond acceptors (Lipinski definition) is 6. The molecule has 0 saturated carbocycles. The van der Waals surface area contributed by atoms with Crippen LogP contribution in [0.15, 0.2) is 48.0 Å². The molecule has 33 heavy (non-hydrogen) atoms. The number of rotatable bonds is 9. The maximum absolute atomic E-state index is 13.1. The van der Waals surface area contributed by atoms with Crippen LogP contribution in [0.5, 0.6) is 11.5 Å². The molecule has 1 N–H and O–H groups in total. The van der Waals surface area contributed by atoms with Crippen molar-refractivity contribution in [3.63, 3.8) is 0 Å². The standard InChI is InChI=1S/C25H28ClNO6/c1-5-32-20-14-17(8-11-19(20)26)23(28)21-22(16-6-9-18(31-4)10-7-16)27(25(30)24(21)29)12-13-33-15(2)3/h6-11,14-15,22,28H,5,12-13H2,1-4H3/b23-21-. The highest BCUT2D eigenvalue weighted by Gasteiger charge is 2.46. The molecule has 1 heterocycles.